The third kappa shape index (κ3) is 4.43. The molecule has 0 aromatic carbocycles. The van der Waals surface area contributed by atoms with E-state index >= 15 is 0 Å². The summed E-state index contributed by atoms with van der Waals surface area (Å²) in [5, 5.41) is 0. The first-order chi connectivity index (χ1) is 2.41. The van der Waals surface area contributed by atoms with Gasteiger partial charge in [-0.2, -0.15) is 0 Å². The second kappa shape index (κ2) is 4.43. The summed E-state index contributed by atoms with van der Waals surface area (Å²) in [6.45, 7) is 4.29. The lowest BCUT2D eigenvalue weighted by molar-refractivity contribution is 1.51. The summed E-state index contributed by atoms with van der Waals surface area (Å²) in [6.07, 6.45) is 3.52. The average Bonchev–Trinajstić information content (AvgIpc) is 1.41. The Morgan fingerprint density at radius 1 is 1.80 bits per heavy atom. The van der Waals surface area contributed by atoms with Crippen molar-refractivity contribution in [3.05, 3.63) is 6.16 Å². The maximum Gasteiger partial charge on any atom is -0.0202 e. The highest BCUT2D eigenvalue weighted by molar-refractivity contribution is 7.40. The molecule has 0 nitrogen and oxygen atoms in total. The van der Waals surface area contributed by atoms with Crippen molar-refractivity contribution in [2.24, 2.45) is 0 Å². The first kappa shape index (κ1) is 5.43. The van der Waals surface area contributed by atoms with Gasteiger partial charge in [0.1, 0.15) is 0 Å². The largest absolute Gasteiger partial charge is 0.119 e. The molecule has 0 fully saturated rings. The fourth-order valence-corrected chi connectivity index (χ4v) is 0.612. The van der Waals surface area contributed by atoms with E-state index in [1.165, 1.54) is 6.16 Å². The van der Waals surface area contributed by atoms with Crippen molar-refractivity contribution in [1.29, 1.82) is 0 Å². The maximum absolute atomic E-state index is 2.21. The van der Waals surface area contributed by atoms with E-state index < -0.39 is 0 Å². The molecule has 1 heteroatoms. The molecular formula is C4H10P. The second-order valence-corrected chi connectivity index (χ2v) is 2.54. The highest BCUT2D eigenvalue weighted by Crippen LogP contribution is 2.09. The zero-order chi connectivity index (χ0) is 4.12. The van der Waals surface area contributed by atoms with Gasteiger partial charge in [-0.25, -0.2) is 0 Å². The van der Waals surface area contributed by atoms with E-state index in [0.29, 0.717) is 0 Å². The zero-order valence-corrected chi connectivity index (χ0v) is 4.78. The van der Waals surface area contributed by atoms with Crippen molar-refractivity contribution in [2.45, 2.75) is 13.8 Å². The van der Waals surface area contributed by atoms with Gasteiger partial charge in [-0.05, 0) is 12.3 Å². The lowest BCUT2D eigenvalue weighted by atomic mass is 11.0. The van der Waals surface area contributed by atoms with Crippen molar-refractivity contribution in [2.75, 3.05) is 6.16 Å². The molecule has 0 rings (SSSR count). The smallest absolute Gasteiger partial charge is 0.0202 e. The van der Waals surface area contributed by atoms with Gasteiger partial charge in [0.25, 0.3) is 0 Å². The van der Waals surface area contributed by atoms with Gasteiger partial charge in [0.15, 0.2) is 0 Å². The minimum atomic E-state index is 1.07. The summed E-state index contributed by atoms with van der Waals surface area (Å²) < 4.78 is 0. The summed E-state index contributed by atoms with van der Waals surface area (Å²) >= 11 is 0. The van der Waals surface area contributed by atoms with E-state index in [2.05, 4.69) is 20.0 Å². The molecule has 1 atom stereocenters. The van der Waals surface area contributed by atoms with E-state index in [0.717, 1.165) is 8.58 Å². The molecule has 0 N–H and O–H groups in total. The van der Waals surface area contributed by atoms with Gasteiger partial charge in [-0.3, -0.25) is 0 Å². The summed E-state index contributed by atoms with van der Waals surface area (Å²) in [5.74, 6) is 0. The van der Waals surface area contributed by atoms with Gasteiger partial charge in [-0.1, -0.05) is 13.8 Å². The standard InChI is InChI=1S/C4H10P/c1-3-5-4-2/h3,5H,4H2,1-2H3. The summed E-state index contributed by atoms with van der Waals surface area (Å²) in [5.41, 5.74) is 0. The van der Waals surface area contributed by atoms with Crippen LogP contribution in [-0.2, 0) is 0 Å². The van der Waals surface area contributed by atoms with Crippen LogP contribution in [0.15, 0.2) is 0 Å². The lowest BCUT2D eigenvalue weighted by Gasteiger charge is -1.80. The maximum atomic E-state index is 2.21. The first-order valence-electron chi connectivity index (χ1n) is 1.93. The predicted molar refractivity (Wildman–Crippen MR) is 28.8 cm³/mol. The first-order valence-corrected chi connectivity index (χ1v) is 3.21. The van der Waals surface area contributed by atoms with Crippen molar-refractivity contribution in [1.82, 2.24) is 0 Å². The molecule has 1 radical (unpaired) electrons. The van der Waals surface area contributed by atoms with Crippen LogP contribution in [0.3, 0.4) is 0 Å². The summed E-state index contributed by atoms with van der Waals surface area (Å²) in [4.78, 5) is 0. The van der Waals surface area contributed by atoms with Crippen LogP contribution >= 0.6 is 8.58 Å². The Hall–Kier alpha value is 0.430. The number of rotatable bonds is 2. The van der Waals surface area contributed by atoms with Crippen molar-refractivity contribution in [3.63, 3.8) is 0 Å². The van der Waals surface area contributed by atoms with Gasteiger partial charge in [0.2, 0.25) is 0 Å². The van der Waals surface area contributed by atoms with Crippen LogP contribution in [0.5, 0.6) is 0 Å². The van der Waals surface area contributed by atoms with E-state index in [4.69, 9.17) is 0 Å². The van der Waals surface area contributed by atoms with Crippen molar-refractivity contribution >= 4 is 8.58 Å². The minimum Gasteiger partial charge on any atom is -0.119 e. The molecule has 0 aliphatic heterocycles. The molecule has 0 aromatic heterocycles. The van der Waals surface area contributed by atoms with Gasteiger partial charge in [0.05, 0.1) is 0 Å². The minimum absolute atomic E-state index is 1.07. The van der Waals surface area contributed by atoms with Crippen LogP contribution in [-0.4, -0.2) is 6.16 Å². The van der Waals surface area contributed by atoms with E-state index in [-0.39, 0.29) is 0 Å². The fourth-order valence-electron chi connectivity index (χ4n) is 0.204. The third-order valence-corrected chi connectivity index (χ3v) is 1.22. The summed E-state index contributed by atoms with van der Waals surface area (Å²) in [6, 6.07) is 0. The molecular weight excluding hydrogens is 79.0 g/mol. The molecule has 0 amide bonds. The molecule has 0 aliphatic carbocycles. The topological polar surface area (TPSA) is 0 Å². The Morgan fingerprint density at radius 3 is 2.40 bits per heavy atom. The molecule has 1 unspecified atom stereocenters. The Bertz CT molecular complexity index is 11.1. The van der Waals surface area contributed by atoms with Gasteiger partial charge in [0, 0.05) is 0 Å². The van der Waals surface area contributed by atoms with Crippen LogP contribution in [0.4, 0.5) is 0 Å². The summed E-state index contributed by atoms with van der Waals surface area (Å²) in [7, 11) is 1.07. The van der Waals surface area contributed by atoms with Gasteiger partial charge in [-0.15, -0.1) is 8.58 Å². The lowest BCUT2D eigenvalue weighted by Crippen LogP contribution is -1.52. The Labute approximate surface area is 35.7 Å². The molecule has 0 spiro atoms. The van der Waals surface area contributed by atoms with Gasteiger partial charge >= 0.3 is 0 Å². The Morgan fingerprint density at radius 2 is 2.40 bits per heavy atom. The molecule has 31 valence electrons. The SMILES string of the molecule is C[CH]PCC. The fraction of sp³-hybridized carbons (Fsp3) is 0.750. The second-order valence-electron chi connectivity index (χ2n) is 0.846. The van der Waals surface area contributed by atoms with Crippen LogP contribution in [0.2, 0.25) is 0 Å². The quantitative estimate of drug-likeness (QED) is 0.453. The average molecular weight is 89.1 g/mol. The molecule has 0 saturated heterocycles. The van der Waals surface area contributed by atoms with E-state index in [1.54, 1.807) is 0 Å². The Balaban J connectivity index is 2.19. The third-order valence-electron chi connectivity index (χ3n) is 0.408. The molecule has 5 heavy (non-hydrogen) atoms. The molecule has 0 aliphatic rings. The number of hydrogen-bond donors (Lipinski definition) is 0. The monoisotopic (exact) mass is 89.1 g/mol. The van der Waals surface area contributed by atoms with Gasteiger partial charge < -0.3 is 0 Å². The normalized spacial score (nSPS) is 8.40. The molecule has 0 saturated carbocycles. The highest BCUT2D eigenvalue weighted by Gasteiger charge is 1.67. The van der Waals surface area contributed by atoms with E-state index in [9.17, 15) is 0 Å². The predicted octanol–water partition coefficient (Wildman–Crippen LogP) is 1.87. The van der Waals surface area contributed by atoms with Crippen LogP contribution in [0.1, 0.15) is 13.8 Å². The highest BCUT2D eigenvalue weighted by atomic mass is 31.1. The van der Waals surface area contributed by atoms with Crippen LogP contribution < -0.4 is 0 Å². The van der Waals surface area contributed by atoms with Crippen molar-refractivity contribution < 1.29 is 0 Å². The molecule has 0 bridgehead atoms. The molecule has 0 heterocycles. The molecule has 0 aromatic rings. The Kier molecular flexibility index (Phi) is 4.81. The zero-order valence-electron chi connectivity index (χ0n) is 3.78. The van der Waals surface area contributed by atoms with Crippen molar-refractivity contribution in [3.8, 4) is 0 Å². The van der Waals surface area contributed by atoms with Crippen LogP contribution in [0, 0.1) is 6.16 Å². The van der Waals surface area contributed by atoms with E-state index in [1.807, 2.05) is 0 Å². The van der Waals surface area contributed by atoms with Crippen LogP contribution in [0.25, 0.3) is 0 Å². The number of hydrogen-bond acceptors (Lipinski definition) is 0.